The Hall–Kier alpha value is -1.49. The Balaban J connectivity index is 1.86. The maximum absolute atomic E-state index is 12.3. The summed E-state index contributed by atoms with van der Waals surface area (Å²) in [4.78, 5) is 14.2. The van der Waals surface area contributed by atoms with Crippen molar-refractivity contribution in [2.45, 2.75) is 77.6 Å². The van der Waals surface area contributed by atoms with E-state index in [4.69, 9.17) is 9.15 Å². The molecule has 0 bridgehead atoms. The van der Waals surface area contributed by atoms with Gasteiger partial charge in [0.2, 0.25) is 0 Å². The summed E-state index contributed by atoms with van der Waals surface area (Å²) in [5.74, 6) is 0.937. The predicted octanol–water partition coefficient (Wildman–Crippen LogP) is 4.11. The lowest BCUT2D eigenvalue weighted by atomic mass is 10.1. The minimum atomic E-state index is -0.443. The van der Waals surface area contributed by atoms with E-state index in [-0.39, 0.29) is 18.2 Å². The first-order valence-corrected chi connectivity index (χ1v) is 8.55. The second kappa shape index (κ2) is 7.39. The molecule has 1 fully saturated rings. The van der Waals surface area contributed by atoms with Crippen molar-refractivity contribution in [3.05, 3.63) is 24.2 Å². The van der Waals surface area contributed by atoms with Crippen LogP contribution in [-0.2, 0) is 4.74 Å². The number of hydrogen-bond donors (Lipinski definition) is 1. The number of ether oxygens (including phenoxy) is 1. The van der Waals surface area contributed by atoms with Crippen LogP contribution in [0.3, 0.4) is 0 Å². The zero-order chi connectivity index (χ0) is 17.0. The number of amides is 1. The minimum absolute atomic E-state index is 0.163. The number of carbonyl (C=O) groups is 1. The molecule has 2 rings (SSSR count). The fourth-order valence-electron chi connectivity index (χ4n) is 3.16. The van der Waals surface area contributed by atoms with E-state index in [0.29, 0.717) is 6.04 Å². The van der Waals surface area contributed by atoms with Crippen molar-refractivity contribution in [2.24, 2.45) is 0 Å². The molecule has 1 aromatic rings. The molecule has 1 aromatic heterocycles. The molecule has 1 aliphatic heterocycles. The highest BCUT2D eigenvalue weighted by atomic mass is 16.6. The summed E-state index contributed by atoms with van der Waals surface area (Å²) in [6.45, 7) is 10.8. The average Bonchev–Trinajstić information content (AvgIpc) is 3.06. The van der Waals surface area contributed by atoms with Crippen LogP contribution in [0, 0.1) is 0 Å². The first kappa shape index (κ1) is 17.9. The van der Waals surface area contributed by atoms with Crippen molar-refractivity contribution in [3.8, 4) is 0 Å². The number of likely N-dealkylation sites (tertiary alicyclic amines) is 1. The molecule has 5 heteroatoms. The van der Waals surface area contributed by atoms with Crippen LogP contribution in [0.1, 0.15) is 65.7 Å². The largest absolute Gasteiger partial charge is 0.468 e. The number of rotatable bonds is 5. The van der Waals surface area contributed by atoms with Crippen LogP contribution in [0.4, 0.5) is 4.79 Å². The smallest absolute Gasteiger partial charge is 0.410 e. The van der Waals surface area contributed by atoms with Gasteiger partial charge >= 0.3 is 6.09 Å². The molecule has 3 unspecified atom stereocenters. The van der Waals surface area contributed by atoms with Gasteiger partial charge < -0.3 is 19.4 Å². The molecule has 0 saturated carbocycles. The van der Waals surface area contributed by atoms with Gasteiger partial charge in [-0.15, -0.1) is 0 Å². The molecule has 23 heavy (non-hydrogen) atoms. The van der Waals surface area contributed by atoms with Gasteiger partial charge in [0.05, 0.1) is 12.3 Å². The van der Waals surface area contributed by atoms with Gasteiger partial charge in [-0.2, -0.15) is 0 Å². The first-order chi connectivity index (χ1) is 10.8. The summed E-state index contributed by atoms with van der Waals surface area (Å²) in [5, 5.41) is 3.54. The highest BCUT2D eigenvalue weighted by Crippen LogP contribution is 2.25. The third-order valence-corrected chi connectivity index (χ3v) is 4.14. The second-order valence-corrected chi connectivity index (χ2v) is 7.51. The van der Waals surface area contributed by atoms with E-state index in [0.717, 1.165) is 31.6 Å². The van der Waals surface area contributed by atoms with Crippen molar-refractivity contribution in [1.82, 2.24) is 10.2 Å². The minimum Gasteiger partial charge on any atom is -0.468 e. The van der Waals surface area contributed by atoms with Crippen molar-refractivity contribution in [2.75, 3.05) is 6.54 Å². The van der Waals surface area contributed by atoms with Gasteiger partial charge in [-0.1, -0.05) is 0 Å². The van der Waals surface area contributed by atoms with Crippen molar-refractivity contribution < 1.29 is 13.9 Å². The van der Waals surface area contributed by atoms with E-state index < -0.39 is 5.60 Å². The van der Waals surface area contributed by atoms with Crippen LogP contribution < -0.4 is 5.32 Å². The number of carbonyl (C=O) groups excluding carboxylic acids is 1. The fourth-order valence-corrected chi connectivity index (χ4v) is 3.16. The Kier molecular flexibility index (Phi) is 5.74. The van der Waals surface area contributed by atoms with Gasteiger partial charge in [-0.05, 0) is 66.0 Å². The molecule has 3 atom stereocenters. The van der Waals surface area contributed by atoms with E-state index >= 15 is 0 Å². The molecular weight excluding hydrogens is 292 g/mol. The molecule has 0 radical (unpaired) electrons. The Bertz CT molecular complexity index is 493. The van der Waals surface area contributed by atoms with Crippen molar-refractivity contribution in [1.29, 1.82) is 0 Å². The highest BCUT2D eigenvalue weighted by Gasteiger charge is 2.33. The van der Waals surface area contributed by atoms with Crippen LogP contribution >= 0.6 is 0 Å². The van der Waals surface area contributed by atoms with Crippen molar-refractivity contribution in [3.63, 3.8) is 0 Å². The van der Waals surface area contributed by atoms with Crippen molar-refractivity contribution >= 4 is 6.09 Å². The normalized spacial score (nSPS) is 21.3. The van der Waals surface area contributed by atoms with Gasteiger partial charge in [0, 0.05) is 18.6 Å². The predicted molar refractivity (Wildman–Crippen MR) is 90.3 cm³/mol. The van der Waals surface area contributed by atoms with Gasteiger partial charge in [-0.3, -0.25) is 0 Å². The monoisotopic (exact) mass is 322 g/mol. The molecular formula is C18H30N2O3. The summed E-state index contributed by atoms with van der Waals surface area (Å²) in [6.07, 6.45) is 4.51. The Morgan fingerprint density at radius 1 is 1.48 bits per heavy atom. The summed E-state index contributed by atoms with van der Waals surface area (Å²) in [5.41, 5.74) is -0.443. The summed E-state index contributed by atoms with van der Waals surface area (Å²) in [6, 6.07) is 4.59. The number of nitrogens with zero attached hydrogens (tertiary/aromatic N) is 1. The lowest BCUT2D eigenvalue weighted by Gasteiger charge is -2.30. The van der Waals surface area contributed by atoms with Crippen LogP contribution in [-0.4, -0.2) is 35.2 Å². The molecule has 1 aliphatic rings. The number of nitrogens with one attached hydrogen (secondary N) is 1. The van der Waals surface area contributed by atoms with E-state index in [1.54, 1.807) is 6.26 Å². The lowest BCUT2D eigenvalue weighted by molar-refractivity contribution is 0.0214. The van der Waals surface area contributed by atoms with Gasteiger partial charge in [0.1, 0.15) is 11.4 Å². The summed E-state index contributed by atoms with van der Waals surface area (Å²) in [7, 11) is 0. The number of furan rings is 1. The zero-order valence-electron chi connectivity index (χ0n) is 15.0. The van der Waals surface area contributed by atoms with E-state index in [9.17, 15) is 4.79 Å². The van der Waals surface area contributed by atoms with E-state index in [2.05, 4.69) is 19.2 Å². The SMILES string of the molecule is CC(CC1CCCN1C(=O)OC(C)(C)C)NC(C)c1ccco1. The first-order valence-electron chi connectivity index (χ1n) is 8.55. The maximum Gasteiger partial charge on any atom is 0.410 e. The molecule has 5 nitrogen and oxygen atoms in total. The molecule has 0 spiro atoms. The molecule has 2 heterocycles. The molecule has 0 aromatic carbocycles. The quantitative estimate of drug-likeness (QED) is 0.886. The third kappa shape index (κ3) is 5.27. The molecule has 1 saturated heterocycles. The Morgan fingerprint density at radius 2 is 2.22 bits per heavy atom. The van der Waals surface area contributed by atoms with Crippen LogP contribution in [0.25, 0.3) is 0 Å². The third-order valence-electron chi connectivity index (χ3n) is 4.14. The lowest BCUT2D eigenvalue weighted by Crippen LogP contribution is -2.42. The average molecular weight is 322 g/mol. The summed E-state index contributed by atoms with van der Waals surface area (Å²) >= 11 is 0. The molecule has 0 aliphatic carbocycles. The van der Waals surface area contributed by atoms with Crippen LogP contribution in [0.2, 0.25) is 0 Å². The topological polar surface area (TPSA) is 54.7 Å². The van der Waals surface area contributed by atoms with Gasteiger partial charge in [0.15, 0.2) is 0 Å². The highest BCUT2D eigenvalue weighted by molar-refractivity contribution is 5.68. The summed E-state index contributed by atoms with van der Waals surface area (Å²) < 4.78 is 11.0. The number of hydrogen-bond acceptors (Lipinski definition) is 4. The van der Waals surface area contributed by atoms with Gasteiger partial charge in [-0.25, -0.2) is 4.79 Å². The zero-order valence-corrected chi connectivity index (χ0v) is 15.0. The van der Waals surface area contributed by atoms with E-state index in [1.165, 1.54) is 0 Å². The standard InChI is InChI=1S/C18H30N2O3/c1-13(19-14(2)16-9-7-11-22-16)12-15-8-6-10-20(15)17(21)23-18(3,4)5/h7,9,11,13-15,19H,6,8,10,12H2,1-5H3. The maximum atomic E-state index is 12.3. The van der Waals surface area contributed by atoms with Gasteiger partial charge in [0.25, 0.3) is 0 Å². The van der Waals surface area contributed by atoms with Crippen LogP contribution in [0.15, 0.2) is 22.8 Å². The molecule has 130 valence electrons. The van der Waals surface area contributed by atoms with E-state index in [1.807, 2.05) is 37.8 Å². The molecule has 1 N–H and O–H groups in total. The fraction of sp³-hybridized carbons (Fsp3) is 0.722. The Morgan fingerprint density at radius 3 is 2.83 bits per heavy atom. The van der Waals surface area contributed by atoms with Crippen LogP contribution in [0.5, 0.6) is 0 Å². The Labute approximate surface area is 139 Å². The second-order valence-electron chi connectivity index (χ2n) is 7.51. The molecule has 1 amide bonds.